The molecule has 0 bridgehead atoms. The second-order valence-electron chi connectivity index (χ2n) is 12.8. The molecule has 54 heavy (non-hydrogen) atoms. The normalized spacial score (nSPS) is 35.9. The summed E-state index contributed by atoms with van der Waals surface area (Å²) in [6, 6.07) is 7.81. The number of aliphatic hydroxyl groups excluding tert-OH is 8. The van der Waals surface area contributed by atoms with Gasteiger partial charge in [-0.2, -0.15) is 0 Å². The number of phenolic OH excluding ortho intramolecular Hbond substituents is 4. The number of aromatic hydroxyl groups is 4. The standard InChI is InChI=1S/C34H44O20/c35-11-21-25(43)27(45)29(47)33(51-21)53-30-26(44)22(13-49-23(41)6-3-14-1-4-16(36)18(38)9-14)52-34(48-8-7-15-2-5-17(37)19(39)10-15)31(30)54-32-28(46)24(42)20(40)12-50-32/h1-6,9-10,20-22,24-40,42-47H,7-8,11-13H2/t20-,21-,22-,24-,25-,26-,27+,28+,29-,30+,31-,32-,33+,34-/m1/s1. The Hall–Kier alpha value is -3.71. The summed E-state index contributed by atoms with van der Waals surface area (Å²) in [4.78, 5) is 12.7. The van der Waals surface area contributed by atoms with E-state index >= 15 is 0 Å². The first-order valence-electron chi connectivity index (χ1n) is 16.8. The maximum Gasteiger partial charge on any atom is 0.330 e. The van der Waals surface area contributed by atoms with Crippen LogP contribution in [-0.2, 0) is 44.4 Å². The molecular weight excluding hydrogens is 728 g/mol. The molecule has 12 N–H and O–H groups in total. The van der Waals surface area contributed by atoms with Crippen molar-refractivity contribution in [1.29, 1.82) is 0 Å². The maximum atomic E-state index is 12.7. The second kappa shape index (κ2) is 18.3. The average molecular weight is 773 g/mol. The van der Waals surface area contributed by atoms with Crippen LogP contribution in [0.1, 0.15) is 11.1 Å². The van der Waals surface area contributed by atoms with Gasteiger partial charge in [-0.15, -0.1) is 0 Å². The van der Waals surface area contributed by atoms with E-state index in [1.165, 1.54) is 42.5 Å². The molecule has 5 rings (SSSR count). The van der Waals surface area contributed by atoms with E-state index < -0.39 is 123 Å². The lowest BCUT2D eigenvalue weighted by Crippen LogP contribution is -2.66. The van der Waals surface area contributed by atoms with Crippen LogP contribution in [0.4, 0.5) is 0 Å². The summed E-state index contributed by atoms with van der Waals surface area (Å²) in [6.07, 6.45) is -21.8. The van der Waals surface area contributed by atoms with Gasteiger partial charge >= 0.3 is 5.97 Å². The van der Waals surface area contributed by atoms with E-state index in [-0.39, 0.29) is 24.5 Å². The van der Waals surface area contributed by atoms with Crippen LogP contribution in [0.2, 0.25) is 0 Å². The Morgan fingerprint density at radius 2 is 1.35 bits per heavy atom. The average Bonchev–Trinajstić information content (AvgIpc) is 3.15. The predicted molar refractivity (Wildman–Crippen MR) is 175 cm³/mol. The van der Waals surface area contributed by atoms with Crippen molar-refractivity contribution >= 4 is 12.0 Å². The van der Waals surface area contributed by atoms with Gasteiger partial charge in [-0.3, -0.25) is 0 Å². The number of hydrogen-bond acceptors (Lipinski definition) is 20. The fourth-order valence-electron chi connectivity index (χ4n) is 5.89. The molecule has 14 atom stereocenters. The number of rotatable bonds is 13. The molecule has 0 unspecified atom stereocenters. The Kier molecular flexibility index (Phi) is 14.0. The molecule has 0 aromatic heterocycles. The quantitative estimate of drug-likeness (QED) is 0.0532. The minimum atomic E-state index is -1.96. The van der Waals surface area contributed by atoms with Crippen LogP contribution >= 0.6 is 0 Å². The molecule has 2 aromatic carbocycles. The van der Waals surface area contributed by atoms with Crippen LogP contribution in [0.3, 0.4) is 0 Å². The van der Waals surface area contributed by atoms with Crippen molar-refractivity contribution in [2.45, 2.75) is 92.4 Å². The summed E-state index contributed by atoms with van der Waals surface area (Å²) in [7, 11) is 0. The summed E-state index contributed by atoms with van der Waals surface area (Å²) in [5.74, 6) is -2.52. The minimum Gasteiger partial charge on any atom is -0.504 e. The summed E-state index contributed by atoms with van der Waals surface area (Å²) < 4.78 is 40.0. The fraction of sp³-hybridized carbons (Fsp3) is 0.559. The number of phenols is 4. The van der Waals surface area contributed by atoms with Crippen LogP contribution in [0, 0.1) is 0 Å². The lowest BCUT2D eigenvalue weighted by Gasteiger charge is -2.48. The number of esters is 1. The van der Waals surface area contributed by atoms with Crippen molar-refractivity contribution in [3.63, 3.8) is 0 Å². The van der Waals surface area contributed by atoms with Crippen LogP contribution in [0.5, 0.6) is 23.0 Å². The highest BCUT2D eigenvalue weighted by atomic mass is 16.8. The van der Waals surface area contributed by atoms with Crippen LogP contribution in [0.25, 0.3) is 6.08 Å². The van der Waals surface area contributed by atoms with Crippen molar-refractivity contribution in [3.05, 3.63) is 53.6 Å². The maximum absolute atomic E-state index is 12.7. The molecule has 3 saturated heterocycles. The molecule has 0 spiro atoms. The van der Waals surface area contributed by atoms with E-state index in [2.05, 4.69) is 0 Å². The highest BCUT2D eigenvalue weighted by Crippen LogP contribution is 2.34. The van der Waals surface area contributed by atoms with Crippen molar-refractivity contribution in [2.75, 3.05) is 26.4 Å². The first-order valence-corrected chi connectivity index (χ1v) is 16.8. The number of hydrogen-bond donors (Lipinski definition) is 12. The number of benzene rings is 2. The minimum absolute atomic E-state index is 0.0892. The van der Waals surface area contributed by atoms with Crippen molar-refractivity contribution in [1.82, 2.24) is 0 Å². The van der Waals surface area contributed by atoms with Gasteiger partial charge in [0.25, 0.3) is 0 Å². The molecule has 20 heteroatoms. The molecule has 3 aliphatic heterocycles. The highest BCUT2D eigenvalue weighted by molar-refractivity contribution is 5.87. The predicted octanol–water partition coefficient (Wildman–Crippen LogP) is -3.58. The zero-order chi connectivity index (χ0) is 39.3. The first-order chi connectivity index (χ1) is 25.7. The van der Waals surface area contributed by atoms with Gasteiger partial charge in [-0.25, -0.2) is 4.79 Å². The summed E-state index contributed by atoms with van der Waals surface area (Å²) in [5, 5.41) is 123. The van der Waals surface area contributed by atoms with Gasteiger partial charge in [0.1, 0.15) is 73.8 Å². The number of carbonyl (C=O) groups is 1. The molecule has 20 nitrogen and oxygen atoms in total. The van der Waals surface area contributed by atoms with E-state index in [0.717, 1.165) is 6.08 Å². The molecule has 3 fully saturated rings. The third-order valence-electron chi connectivity index (χ3n) is 9.02. The third kappa shape index (κ3) is 9.74. The van der Waals surface area contributed by atoms with Gasteiger partial charge in [0.2, 0.25) is 0 Å². The largest absolute Gasteiger partial charge is 0.504 e. The number of aliphatic hydroxyl groups is 8. The highest BCUT2D eigenvalue weighted by Gasteiger charge is 2.54. The molecule has 2 aromatic rings. The summed E-state index contributed by atoms with van der Waals surface area (Å²) >= 11 is 0. The van der Waals surface area contributed by atoms with Gasteiger partial charge in [0.05, 0.1) is 19.8 Å². The second-order valence-corrected chi connectivity index (χ2v) is 12.8. The Morgan fingerprint density at radius 3 is 2.04 bits per heavy atom. The lowest BCUT2D eigenvalue weighted by atomic mass is 9.96. The van der Waals surface area contributed by atoms with Crippen molar-refractivity contribution in [3.8, 4) is 23.0 Å². The van der Waals surface area contributed by atoms with Crippen molar-refractivity contribution < 1.29 is 99.2 Å². The Labute approximate surface area is 306 Å². The number of carbonyl (C=O) groups excluding carboxylic acids is 1. The Balaban J connectivity index is 1.41. The monoisotopic (exact) mass is 772 g/mol. The van der Waals surface area contributed by atoms with E-state index in [1.54, 1.807) is 0 Å². The number of ether oxygens (including phenoxy) is 7. The van der Waals surface area contributed by atoms with Gasteiger partial charge in [-0.05, 0) is 47.9 Å². The smallest absolute Gasteiger partial charge is 0.330 e. The topological polar surface area (TPSA) is 324 Å². The van der Waals surface area contributed by atoms with Crippen LogP contribution < -0.4 is 0 Å². The molecule has 0 aliphatic carbocycles. The van der Waals surface area contributed by atoms with Crippen molar-refractivity contribution in [2.24, 2.45) is 0 Å². The zero-order valence-corrected chi connectivity index (χ0v) is 28.4. The molecule has 0 saturated carbocycles. The summed E-state index contributed by atoms with van der Waals surface area (Å²) in [5.41, 5.74) is 0.819. The molecule has 300 valence electrons. The zero-order valence-electron chi connectivity index (χ0n) is 28.4. The van der Waals surface area contributed by atoms with Gasteiger partial charge in [0, 0.05) is 6.08 Å². The SMILES string of the molecule is O=C(C=Cc1ccc(O)c(O)c1)OC[C@H]1O[C@@H](OCCc2ccc(O)c(O)c2)[C@H](O[C@H]2OC[C@@H](O)[C@@H](O)[C@@H]2O)[C@@H](O[C@@H]2O[C@H](CO)[C@@H](O)[C@H](O)[C@H]2O)[C@@H]1O. The van der Waals surface area contributed by atoms with Gasteiger partial charge in [0.15, 0.2) is 41.9 Å². The Morgan fingerprint density at radius 1 is 0.704 bits per heavy atom. The fourth-order valence-corrected chi connectivity index (χ4v) is 5.89. The van der Waals surface area contributed by atoms with Crippen LogP contribution in [-0.4, -0.2) is 180 Å². The third-order valence-corrected chi connectivity index (χ3v) is 9.02. The molecule has 3 aliphatic rings. The van der Waals surface area contributed by atoms with Gasteiger partial charge < -0.3 is 94.4 Å². The van der Waals surface area contributed by atoms with E-state index in [1.807, 2.05) is 0 Å². The van der Waals surface area contributed by atoms with E-state index in [9.17, 15) is 66.1 Å². The lowest BCUT2D eigenvalue weighted by molar-refractivity contribution is -0.386. The summed E-state index contributed by atoms with van der Waals surface area (Å²) in [6.45, 7) is -2.20. The molecule has 3 heterocycles. The molecular formula is C34H44O20. The first kappa shape index (κ1) is 41.5. The van der Waals surface area contributed by atoms with Gasteiger partial charge in [-0.1, -0.05) is 12.1 Å². The van der Waals surface area contributed by atoms with Crippen LogP contribution in [0.15, 0.2) is 42.5 Å². The molecule has 0 radical (unpaired) electrons. The van der Waals surface area contributed by atoms with E-state index in [0.29, 0.717) is 11.1 Å². The molecule has 0 amide bonds. The Bertz CT molecular complexity index is 1570. The van der Waals surface area contributed by atoms with E-state index in [4.69, 9.17) is 33.2 Å².